The number of hydrogen-bond donors (Lipinski definition) is 3. The first kappa shape index (κ1) is 14.7. The normalized spacial score (nSPS) is 19.0. The van der Waals surface area contributed by atoms with Crippen molar-refractivity contribution in [2.45, 2.75) is 31.9 Å². The highest BCUT2D eigenvalue weighted by Crippen LogP contribution is 2.29. The van der Waals surface area contributed by atoms with Crippen LogP contribution in [-0.2, 0) is 4.74 Å². The van der Waals surface area contributed by atoms with Crippen molar-refractivity contribution in [3.8, 4) is 11.3 Å². The molecule has 1 aliphatic rings. The first-order chi connectivity index (χ1) is 10.6. The second-order valence-corrected chi connectivity index (χ2v) is 5.70. The van der Waals surface area contributed by atoms with Crippen molar-refractivity contribution in [1.29, 1.82) is 0 Å². The summed E-state index contributed by atoms with van der Waals surface area (Å²) in [5.41, 5.74) is 8.70. The van der Waals surface area contributed by atoms with E-state index >= 15 is 0 Å². The van der Waals surface area contributed by atoms with Gasteiger partial charge in [-0.15, -0.1) is 0 Å². The molecular weight excluding hydrogens is 278 g/mol. The molecule has 0 radical (unpaired) electrons. The summed E-state index contributed by atoms with van der Waals surface area (Å²) in [6.45, 7) is 2.98. The van der Waals surface area contributed by atoms with Crippen molar-refractivity contribution >= 4 is 11.6 Å². The Balaban J connectivity index is 1.84. The molecule has 116 valence electrons. The number of anilines is 1. The molecule has 1 saturated heterocycles. The van der Waals surface area contributed by atoms with Crippen LogP contribution in [0.2, 0.25) is 0 Å². The summed E-state index contributed by atoms with van der Waals surface area (Å²) in [6.07, 6.45) is 4.09. The molecular formula is C17H21N3O2. The van der Waals surface area contributed by atoms with Gasteiger partial charge in [0.15, 0.2) is 0 Å². The summed E-state index contributed by atoms with van der Waals surface area (Å²) < 4.78 is 5.74. The van der Waals surface area contributed by atoms with Crippen LogP contribution in [0.1, 0.15) is 30.1 Å². The van der Waals surface area contributed by atoms with Gasteiger partial charge in [-0.3, -0.25) is 4.79 Å². The van der Waals surface area contributed by atoms with Crippen molar-refractivity contribution in [3.63, 3.8) is 0 Å². The molecule has 5 nitrogen and oxygen atoms in total. The van der Waals surface area contributed by atoms with Crippen LogP contribution < -0.4 is 11.1 Å². The van der Waals surface area contributed by atoms with Crippen LogP contribution in [0, 0.1) is 0 Å². The van der Waals surface area contributed by atoms with Crippen LogP contribution in [0.4, 0.5) is 5.69 Å². The number of rotatable bonds is 5. The molecule has 22 heavy (non-hydrogen) atoms. The molecule has 1 aromatic heterocycles. The van der Waals surface area contributed by atoms with Gasteiger partial charge in [-0.2, -0.15) is 0 Å². The monoisotopic (exact) mass is 299 g/mol. The number of nitrogens with two attached hydrogens (primary N) is 1. The molecule has 0 saturated carbocycles. The Bertz CT molecular complexity index is 659. The molecule has 3 rings (SSSR count). The van der Waals surface area contributed by atoms with Gasteiger partial charge in [0.05, 0.1) is 11.7 Å². The van der Waals surface area contributed by atoms with Crippen molar-refractivity contribution in [3.05, 3.63) is 42.1 Å². The highest BCUT2D eigenvalue weighted by molar-refractivity contribution is 5.94. The summed E-state index contributed by atoms with van der Waals surface area (Å²) in [5, 5.41) is 3.53. The largest absolute Gasteiger partial charge is 0.379 e. The predicted molar refractivity (Wildman–Crippen MR) is 86.8 cm³/mol. The smallest absolute Gasteiger partial charge is 0.250 e. The first-order valence-electron chi connectivity index (χ1n) is 7.61. The summed E-state index contributed by atoms with van der Waals surface area (Å²) in [7, 11) is 0. The van der Waals surface area contributed by atoms with E-state index in [4.69, 9.17) is 10.5 Å². The van der Waals surface area contributed by atoms with E-state index in [-0.39, 0.29) is 12.1 Å². The number of H-pyrrole nitrogens is 1. The Kier molecular flexibility index (Phi) is 4.15. The Hall–Kier alpha value is -2.27. The van der Waals surface area contributed by atoms with E-state index in [1.54, 1.807) is 12.3 Å². The number of benzene rings is 1. The molecule has 2 heterocycles. The van der Waals surface area contributed by atoms with Crippen LogP contribution in [0.5, 0.6) is 0 Å². The van der Waals surface area contributed by atoms with Crippen LogP contribution in [0.3, 0.4) is 0 Å². The van der Waals surface area contributed by atoms with Gasteiger partial charge in [-0.05, 0) is 31.9 Å². The third kappa shape index (κ3) is 2.99. The molecule has 4 N–H and O–H groups in total. The number of carbonyl (C=O) groups is 1. The highest BCUT2D eigenvalue weighted by atomic mass is 16.5. The fraction of sp³-hybridized carbons (Fsp3) is 0.353. The lowest BCUT2D eigenvalue weighted by atomic mass is 10.1. The van der Waals surface area contributed by atoms with E-state index in [1.807, 2.05) is 24.3 Å². The minimum atomic E-state index is -0.430. The van der Waals surface area contributed by atoms with Gasteiger partial charge >= 0.3 is 0 Å². The molecule has 0 spiro atoms. The van der Waals surface area contributed by atoms with Crippen molar-refractivity contribution in [1.82, 2.24) is 4.98 Å². The summed E-state index contributed by atoms with van der Waals surface area (Å²) >= 11 is 0. The third-order valence-electron chi connectivity index (χ3n) is 4.09. The molecule has 1 aromatic carbocycles. The van der Waals surface area contributed by atoms with Gasteiger partial charge in [-0.1, -0.05) is 18.2 Å². The maximum Gasteiger partial charge on any atom is 0.250 e. The van der Waals surface area contributed by atoms with E-state index in [2.05, 4.69) is 17.2 Å². The fourth-order valence-electron chi connectivity index (χ4n) is 2.87. The predicted octanol–water partition coefficient (Wildman–Crippen LogP) is 2.76. The number of amides is 1. The zero-order valence-corrected chi connectivity index (χ0v) is 12.6. The Labute approximate surface area is 129 Å². The molecule has 2 atom stereocenters. The molecule has 1 aliphatic heterocycles. The van der Waals surface area contributed by atoms with E-state index in [0.29, 0.717) is 5.56 Å². The Morgan fingerprint density at radius 2 is 2.27 bits per heavy atom. The maximum atomic E-state index is 11.3. The Morgan fingerprint density at radius 3 is 2.95 bits per heavy atom. The number of para-hydroxylation sites is 1. The van der Waals surface area contributed by atoms with Gasteiger partial charge in [0, 0.05) is 35.8 Å². The van der Waals surface area contributed by atoms with Gasteiger partial charge in [-0.25, -0.2) is 0 Å². The number of ether oxygens (including phenoxy) is 1. The zero-order valence-electron chi connectivity index (χ0n) is 12.6. The van der Waals surface area contributed by atoms with Crippen LogP contribution in [-0.4, -0.2) is 29.6 Å². The molecule has 5 heteroatoms. The highest BCUT2D eigenvalue weighted by Gasteiger charge is 2.23. The lowest BCUT2D eigenvalue weighted by Crippen LogP contribution is -2.30. The van der Waals surface area contributed by atoms with Crippen molar-refractivity contribution in [2.24, 2.45) is 5.73 Å². The molecule has 1 amide bonds. The van der Waals surface area contributed by atoms with E-state index in [9.17, 15) is 4.79 Å². The van der Waals surface area contributed by atoms with Crippen LogP contribution in [0.15, 0.2) is 36.5 Å². The lowest BCUT2D eigenvalue weighted by molar-refractivity contribution is 0.0995. The number of carbonyl (C=O) groups excluding carboxylic acids is 1. The summed E-state index contributed by atoms with van der Waals surface area (Å²) in [5.74, 6) is -0.430. The average molecular weight is 299 g/mol. The number of nitrogens with one attached hydrogen (secondary N) is 2. The minimum Gasteiger partial charge on any atom is -0.379 e. The lowest BCUT2D eigenvalue weighted by Gasteiger charge is -2.22. The standard InChI is InChI=1S/C17H21N3O2/c1-11(16-7-4-8-22-16)20-14-6-3-2-5-13(14)15-9-12(10-19-15)17(18)21/h2-3,5-6,9-11,16,19-20H,4,7-8H2,1H3,(H2,18,21). The summed E-state index contributed by atoms with van der Waals surface area (Å²) in [6, 6.07) is 10.0. The van der Waals surface area contributed by atoms with Gasteiger partial charge in [0.25, 0.3) is 0 Å². The number of aromatic nitrogens is 1. The topological polar surface area (TPSA) is 80.1 Å². The Morgan fingerprint density at radius 1 is 1.45 bits per heavy atom. The number of primary amides is 1. The summed E-state index contributed by atoms with van der Waals surface area (Å²) in [4.78, 5) is 14.4. The molecule has 1 fully saturated rings. The second-order valence-electron chi connectivity index (χ2n) is 5.70. The van der Waals surface area contributed by atoms with Crippen molar-refractivity contribution < 1.29 is 9.53 Å². The van der Waals surface area contributed by atoms with Crippen LogP contribution >= 0.6 is 0 Å². The van der Waals surface area contributed by atoms with Gasteiger partial charge in [0.1, 0.15) is 0 Å². The maximum absolute atomic E-state index is 11.3. The average Bonchev–Trinajstić information content (AvgIpc) is 3.19. The van der Waals surface area contributed by atoms with Gasteiger partial charge < -0.3 is 20.8 Å². The molecule has 2 unspecified atom stereocenters. The molecule has 0 bridgehead atoms. The second kappa shape index (κ2) is 6.23. The first-order valence-corrected chi connectivity index (χ1v) is 7.61. The molecule has 0 aliphatic carbocycles. The molecule has 2 aromatic rings. The number of hydrogen-bond acceptors (Lipinski definition) is 3. The van der Waals surface area contributed by atoms with E-state index in [1.165, 1.54) is 0 Å². The minimum absolute atomic E-state index is 0.231. The third-order valence-corrected chi connectivity index (χ3v) is 4.09. The fourth-order valence-corrected chi connectivity index (χ4v) is 2.87. The van der Waals surface area contributed by atoms with Crippen molar-refractivity contribution in [2.75, 3.05) is 11.9 Å². The van der Waals surface area contributed by atoms with Gasteiger partial charge in [0.2, 0.25) is 5.91 Å². The zero-order chi connectivity index (χ0) is 15.5. The quantitative estimate of drug-likeness (QED) is 0.794. The van der Waals surface area contributed by atoms with E-state index in [0.717, 1.165) is 36.4 Å². The van der Waals surface area contributed by atoms with E-state index < -0.39 is 5.91 Å². The SMILES string of the molecule is CC(Nc1ccccc1-c1cc(C(N)=O)c[nH]1)C1CCCO1. The van der Waals surface area contributed by atoms with Crippen LogP contribution in [0.25, 0.3) is 11.3 Å². The number of aromatic amines is 1.